The molecule has 0 spiro atoms. The van der Waals surface area contributed by atoms with Crippen LogP contribution >= 0.6 is 0 Å². The van der Waals surface area contributed by atoms with Gasteiger partial charge in [-0.1, -0.05) is 0 Å². The van der Waals surface area contributed by atoms with Crippen LogP contribution in [0.5, 0.6) is 0 Å². The highest BCUT2D eigenvalue weighted by Crippen LogP contribution is 2.32. The van der Waals surface area contributed by atoms with Crippen molar-refractivity contribution < 1.29 is 30.2 Å². The van der Waals surface area contributed by atoms with Crippen molar-refractivity contribution in [1.82, 2.24) is 0 Å². The zero-order chi connectivity index (χ0) is 13.3. The van der Waals surface area contributed by atoms with E-state index in [0.29, 0.717) is 18.2 Å². The lowest BCUT2D eigenvalue weighted by Crippen LogP contribution is -2.17. The molecule has 0 unspecified atom stereocenters. The first-order chi connectivity index (χ1) is 7.59. The van der Waals surface area contributed by atoms with E-state index < -0.39 is 40.0 Å². The molecule has 0 bridgehead atoms. The standard InChI is InChI=1S/C8H7F4NO3S/c9-6-1-2-7(8(10,11)12)5(3-6)4-16-17(13,14)15/h1-3H,4H2,(H2,13,14,15). The van der Waals surface area contributed by atoms with Crippen molar-refractivity contribution in [2.24, 2.45) is 5.14 Å². The van der Waals surface area contributed by atoms with Gasteiger partial charge < -0.3 is 0 Å². The summed E-state index contributed by atoms with van der Waals surface area (Å²) >= 11 is 0. The van der Waals surface area contributed by atoms with Crippen molar-refractivity contribution in [3.63, 3.8) is 0 Å². The molecule has 1 rings (SSSR count). The van der Waals surface area contributed by atoms with Gasteiger partial charge in [0, 0.05) is 0 Å². The van der Waals surface area contributed by atoms with Gasteiger partial charge in [0.1, 0.15) is 5.82 Å². The van der Waals surface area contributed by atoms with Gasteiger partial charge in [-0.15, -0.1) is 0 Å². The molecule has 0 radical (unpaired) electrons. The number of benzene rings is 1. The second kappa shape index (κ2) is 4.59. The van der Waals surface area contributed by atoms with Gasteiger partial charge in [-0.2, -0.15) is 21.6 Å². The Kier molecular flexibility index (Phi) is 3.74. The summed E-state index contributed by atoms with van der Waals surface area (Å²) in [5, 5.41) is 4.46. The van der Waals surface area contributed by atoms with E-state index in [1.54, 1.807) is 0 Å². The van der Waals surface area contributed by atoms with Crippen molar-refractivity contribution >= 4 is 10.3 Å². The molecule has 4 nitrogen and oxygen atoms in total. The topological polar surface area (TPSA) is 69.4 Å². The number of rotatable bonds is 3. The van der Waals surface area contributed by atoms with Gasteiger partial charge in [-0.3, -0.25) is 4.18 Å². The highest BCUT2D eigenvalue weighted by molar-refractivity contribution is 7.84. The van der Waals surface area contributed by atoms with Gasteiger partial charge in [0.15, 0.2) is 0 Å². The fourth-order valence-electron chi connectivity index (χ4n) is 1.10. The minimum atomic E-state index is -4.73. The molecule has 17 heavy (non-hydrogen) atoms. The number of alkyl halides is 3. The number of nitrogens with two attached hydrogens (primary N) is 1. The molecular weight excluding hydrogens is 266 g/mol. The second-order valence-corrected chi connectivity index (χ2v) is 4.28. The van der Waals surface area contributed by atoms with E-state index in [4.69, 9.17) is 0 Å². The molecular formula is C8H7F4NO3S. The molecule has 0 aliphatic heterocycles. The Hall–Kier alpha value is -1.19. The maximum absolute atomic E-state index is 12.8. The van der Waals surface area contributed by atoms with Crippen molar-refractivity contribution in [2.75, 3.05) is 0 Å². The summed E-state index contributed by atoms with van der Waals surface area (Å²) in [7, 11) is -4.39. The summed E-state index contributed by atoms with van der Waals surface area (Å²) in [6.45, 7) is -0.981. The van der Waals surface area contributed by atoms with Crippen LogP contribution in [0.3, 0.4) is 0 Å². The normalized spacial score (nSPS) is 12.8. The van der Waals surface area contributed by atoms with Crippen molar-refractivity contribution in [3.05, 3.63) is 35.1 Å². The van der Waals surface area contributed by atoms with Crippen LogP contribution in [0.15, 0.2) is 18.2 Å². The number of hydrogen-bond acceptors (Lipinski definition) is 3. The minimum absolute atomic E-state index is 0.497. The van der Waals surface area contributed by atoms with Crippen molar-refractivity contribution in [3.8, 4) is 0 Å². The molecule has 0 saturated carbocycles. The van der Waals surface area contributed by atoms with Crippen LogP contribution in [0.1, 0.15) is 11.1 Å². The van der Waals surface area contributed by atoms with Crippen LogP contribution in [0.2, 0.25) is 0 Å². The number of halogens is 4. The Morgan fingerprint density at radius 3 is 2.35 bits per heavy atom. The predicted molar refractivity (Wildman–Crippen MR) is 49.3 cm³/mol. The maximum atomic E-state index is 12.8. The van der Waals surface area contributed by atoms with Crippen LogP contribution in [0.4, 0.5) is 17.6 Å². The average molecular weight is 273 g/mol. The lowest BCUT2D eigenvalue weighted by molar-refractivity contribution is -0.138. The molecule has 0 atom stereocenters. The molecule has 0 aromatic heterocycles. The van der Waals surface area contributed by atoms with E-state index in [9.17, 15) is 26.0 Å². The first-order valence-electron chi connectivity index (χ1n) is 4.12. The van der Waals surface area contributed by atoms with Crippen LogP contribution < -0.4 is 5.14 Å². The van der Waals surface area contributed by atoms with E-state index >= 15 is 0 Å². The van der Waals surface area contributed by atoms with Gasteiger partial charge in [0.25, 0.3) is 0 Å². The van der Waals surface area contributed by atoms with Crippen molar-refractivity contribution in [2.45, 2.75) is 12.8 Å². The van der Waals surface area contributed by atoms with E-state index in [2.05, 4.69) is 9.32 Å². The fraction of sp³-hybridized carbons (Fsp3) is 0.250. The van der Waals surface area contributed by atoms with E-state index in [0.717, 1.165) is 0 Å². The smallest absolute Gasteiger partial charge is 0.253 e. The molecule has 0 aliphatic carbocycles. The zero-order valence-corrected chi connectivity index (χ0v) is 8.98. The van der Waals surface area contributed by atoms with E-state index in [1.165, 1.54) is 0 Å². The minimum Gasteiger partial charge on any atom is -0.253 e. The van der Waals surface area contributed by atoms with E-state index in [1.807, 2.05) is 0 Å². The highest BCUT2D eigenvalue weighted by atomic mass is 32.2. The second-order valence-electron chi connectivity index (χ2n) is 3.05. The molecule has 0 heterocycles. The third-order valence-corrected chi connectivity index (χ3v) is 2.20. The largest absolute Gasteiger partial charge is 0.416 e. The Labute approximate surface area is 94.2 Å². The van der Waals surface area contributed by atoms with E-state index in [-0.39, 0.29) is 0 Å². The van der Waals surface area contributed by atoms with Crippen molar-refractivity contribution in [1.29, 1.82) is 0 Å². The Bertz CT molecular complexity index is 512. The first kappa shape index (κ1) is 13.9. The average Bonchev–Trinajstić information content (AvgIpc) is 2.11. The summed E-state index contributed by atoms with van der Waals surface area (Å²) in [5.74, 6) is -0.939. The van der Waals surface area contributed by atoms with Gasteiger partial charge in [-0.25, -0.2) is 9.53 Å². The first-order valence-corrected chi connectivity index (χ1v) is 5.59. The number of hydrogen-bond donors (Lipinski definition) is 1. The molecule has 0 amide bonds. The van der Waals surface area contributed by atoms with Gasteiger partial charge in [0.05, 0.1) is 12.2 Å². The molecule has 0 aliphatic rings. The molecule has 2 N–H and O–H groups in total. The van der Waals surface area contributed by atoms with Gasteiger partial charge >= 0.3 is 16.5 Å². The molecule has 1 aromatic carbocycles. The SMILES string of the molecule is NS(=O)(=O)OCc1cc(F)ccc1C(F)(F)F. The summed E-state index contributed by atoms with van der Waals surface area (Å²) in [6, 6.07) is 1.65. The third-order valence-electron chi connectivity index (χ3n) is 1.75. The van der Waals surface area contributed by atoms with Crippen LogP contribution in [0, 0.1) is 5.82 Å². The zero-order valence-electron chi connectivity index (χ0n) is 8.16. The quantitative estimate of drug-likeness (QED) is 0.850. The Balaban J connectivity index is 3.08. The monoisotopic (exact) mass is 273 g/mol. The maximum Gasteiger partial charge on any atom is 0.416 e. The Morgan fingerprint density at radius 2 is 1.88 bits per heavy atom. The predicted octanol–water partition coefficient (Wildman–Crippen LogP) is 1.56. The summed E-state index contributed by atoms with van der Waals surface area (Å²) in [5.41, 5.74) is -1.82. The molecule has 0 fully saturated rings. The molecule has 96 valence electrons. The third kappa shape index (κ3) is 4.29. The summed E-state index contributed by atoms with van der Waals surface area (Å²) < 4.78 is 74.9. The molecule has 1 aromatic rings. The Morgan fingerprint density at radius 1 is 1.29 bits per heavy atom. The highest BCUT2D eigenvalue weighted by Gasteiger charge is 2.33. The molecule has 0 saturated heterocycles. The lowest BCUT2D eigenvalue weighted by atomic mass is 10.1. The van der Waals surface area contributed by atoms with Crippen LogP contribution in [-0.2, 0) is 27.3 Å². The van der Waals surface area contributed by atoms with Crippen LogP contribution in [0.25, 0.3) is 0 Å². The van der Waals surface area contributed by atoms with Gasteiger partial charge in [0.2, 0.25) is 0 Å². The fourth-order valence-corrected chi connectivity index (χ4v) is 1.40. The van der Waals surface area contributed by atoms with Crippen LogP contribution in [-0.4, -0.2) is 8.42 Å². The summed E-state index contributed by atoms with van der Waals surface area (Å²) in [4.78, 5) is 0. The summed E-state index contributed by atoms with van der Waals surface area (Å²) in [6.07, 6.45) is -4.73. The molecule has 9 heteroatoms. The lowest BCUT2D eigenvalue weighted by Gasteiger charge is -2.12. The van der Waals surface area contributed by atoms with Gasteiger partial charge in [-0.05, 0) is 23.8 Å².